The van der Waals surface area contributed by atoms with E-state index in [4.69, 9.17) is 0 Å². The molecule has 1 N–H and O–H groups in total. The van der Waals surface area contributed by atoms with Gasteiger partial charge in [-0.25, -0.2) is 0 Å². The highest BCUT2D eigenvalue weighted by atomic mass is 16.3. The largest absolute Gasteiger partial charge is 0.393 e. The Morgan fingerprint density at radius 2 is 1.88 bits per heavy atom. The molecule has 0 unspecified atom stereocenters. The van der Waals surface area contributed by atoms with Crippen LogP contribution in [0.15, 0.2) is 30.3 Å². The molecular formula is C14H21NO. The van der Waals surface area contributed by atoms with Crippen molar-refractivity contribution in [1.29, 1.82) is 0 Å². The first-order chi connectivity index (χ1) is 7.50. The number of likely N-dealkylation sites (tertiary alicyclic amines) is 1. The van der Waals surface area contributed by atoms with Crippen LogP contribution < -0.4 is 0 Å². The Hall–Kier alpha value is -0.860. The van der Waals surface area contributed by atoms with Gasteiger partial charge in [0.2, 0.25) is 0 Å². The van der Waals surface area contributed by atoms with Crippen LogP contribution in [0.25, 0.3) is 0 Å². The van der Waals surface area contributed by atoms with Gasteiger partial charge in [0.05, 0.1) is 6.10 Å². The summed E-state index contributed by atoms with van der Waals surface area (Å²) in [4.78, 5) is 2.38. The number of hydrogen-bond donors (Lipinski definition) is 1. The Kier molecular flexibility index (Phi) is 3.04. The summed E-state index contributed by atoms with van der Waals surface area (Å²) in [6, 6.07) is 10.8. The molecule has 1 saturated heterocycles. The molecule has 0 radical (unpaired) electrons. The smallest absolute Gasteiger partial charge is 0.0575 e. The maximum atomic E-state index is 9.97. The number of rotatable bonds is 1. The fraction of sp³-hybridized carbons (Fsp3) is 0.571. The van der Waals surface area contributed by atoms with E-state index in [1.165, 1.54) is 5.56 Å². The Bertz CT molecular complexity index is 347. The maximum absolute atomic E-state index is 9.97. The van der Waals surface area contributed by atoms with Crippen molar-refractivity contribution in [3.05, 3.63) is 35.9 Å². The summed E-state index contributed by atoms with van der Waals surface area (Å²) in [6.45, 7) is 4.40. The molecule has 1 fully saturated rings. The van der Waals surface area contributed by atoms with Gasteiger partial charge in [-0.3, -0.25) is 4.90 Å². The van der Waals surface area contributed by atoms with Gasteiger partial charge in [-0.1, -0.05) is 30.3 Å². The maximum Gasteiger partial charge on any atom is 0.0575 e. The number of aliphatic hydroxyl groups is 1. The number of benzene rings is 1. The molecule has 0 bridgehead atoms. The van der Waals surface area contributed by atoms with Crippen LogP contribution in [0.1, 0.15) is 38.3 Å². The molecule has 2 rings (SSSR count). The Balaban J connectivity index is 2.27. The van der Waals surface area contributed by atoms with Crippen LogP contribution in [0, 0.1) is 0 Å². The predicted molar refractivity (Wildman–Crippen MR) is 66.3 cm³/mol. The lowest BCUT2D eigenvalue weighted by Crippen LogP contribution is -2.50. The van der Waals surface area contributed by atoms with Gasteiger partial charge in [-0.05, 0) is 39.3 Å². The van der Waals surface area contributed by atoms with Gasteiger partial charge in [-0.2, -0.15) is 0 Å². The average molecular weight is 219 g/mol. The van der Waals surface area contributed by atoms with Crippen LogP contribution in [-0.4, -0.2) is 28.7 Å². The average Bonchev–Trinajstić information content (AvgIpc) is 2.24. The number of aliphatic hydroxyl groups excluding tert-OH is 1. The quantitative estimate of drug-likeness (QED) is 0.784. The Morgan fingerprint density at radius 1 is 1.25 bits per heavy atom. The Morgan fingerprint density at radius 3 is 2.50 bits per heavy atom. The van der Waals surface area contributed by atoms with Gasteiger partial charge < -0.3 is 5.11 Å². The zero-order valence-corrected chi connectivity index (χ0v) is 10.4. The highest BCUT2D eigenvalue weighted by Gasteiger charge is 2.38. The molecule has 16 heavy (non-hydrogen) atoms. The van der Waals surface area contributed by atoms with Gasteiger partial charge in [0.1, 0.15) is 0 Å². The molecule has 1 aliphatic heterocycles. The van der Waals surface area contributed by atoms with Gasteiger partial charge in [0, 0.05) is 11.6 Å². The van der Waals surface area contributed by atoms with Crippen molar-refractivity contribution in [2.45, 2.75) is 44.4 Å². The second-order valence-corrected chi connectivity index (χ2v) is 5.44. The molecule has 0 amide bonds. The molecule has 1 aromatic rings. The van der Waals surface area contributed by atoms with E-state index >= 15 is 0 Å². The molecule has 1 aromatic carbocycles. The summed E-state index contributed by atoms with van der Waals surface area (Å²) in [6.07, 6.45) is 1.51. The predicted octanol–water partition coefficient (Wildman–Crippen LogP) is 2.59. The molecule has 0 saturated carbocycles. The molecule has 2 nitrogen and oxygen atoms in total. The van der Waals surface area contributed by atoms with Crippen LogP contribution in [0.5, 0.6) is 0 Å². The van der Waals surface area contributed by atoms with Crippen LogP contribution in [0.4, 0.5) is 0 Å². The second kappa shape index (κ2) is 4.19. The van der Waals surface area contributed by atoms with E-state index in [1.807, 2.05) is 6.07 Å². The highest BCUT2D eigenvalue weighted by Crippen LogP contribution is 2.38. The SMILES string of the molecule is CN1[C@@H](c2ccccc2)C[C@H](O)CC1(C)C. The third-order valence-corrected chi connectivity index (χ3v) is 3.84. The van der Waals surface area contributed by atoms with Gasteiger partial charge in [-0.15, -0.1) is 0 Å². The highest BCUT2D eigenvalue weighted by molar-refractivity contribution is 5.20. The van der Waals surface area contributed by atoms with Crippen LogP contribution in [-0.2, 0) is 0 Å². The minimum Gasteiger partial charge on any atom is -0.393 e. The van der Waals surface area contributed by atoms with Crippen molar-refractivity contribution in [2.24, 2.45) is 0 Å². The van der Waals surface area contributed by atoms with Crippen molar-refractivity contribution in [3.8, 4) is 0 Å². The third kappa shape index (κ3) is 2.13. The molecule has 2 heteroatoms. The van der Waals surface area contributed by atoms with Crippen molar-refractivity contribution in [1.82, 2.24) is 4.90 Å². The van der Waals surface area contributed by atoms with E-state index in [1.54, 1.807) is 0 Å². The summed E-state index contributed by atoms with van der Waals surface area (Å²) in [5.74, 6) is 0. The molecule has 2 atom stereocenters. The minimum atomic E-state index is -0.184. The van der Waals surface area contributed by atoms with E-state index in [2.05, 4.69) is 50.1 Å². The minimum absolute atomic E-state index is 0.0676. The molecule has 1 heterocycles. The van der Waals surface area contributed by atoms with Crippen LogP contribution in [0.2, 0.25) is 0 Å². The summed E-state index contributed by atoms with van der Waals surface area (Å²) >= 11 is 0. The fourth-order valence-electron chi connectivity index (χ4n) is 2.68. The summed E-state index contributed by atoms with van der Waals surface area (Å²) in [5.41, 5.74) is 1.37. The topological polar surface area (TPSA) is 23.5 Å². The van der Waals surface area contributed by atoms with Gasteiger partial charge in [0.25, 0.3) is 0 Å². The number of nitrogens with zero attached hydrogens (tertiary/aromatic N) is 1. The number of hydrogen-bond acceptors (Lipinski definition) is 2. The molecule has 0 aliphatic carbocycles. The molecule has 0 aromatic heterocycles. The summed E-state index contributed by atoms with van der Waals surface area (Å²) in [5, 5.41) is 9.97. The first-order valence-corrected chi connectivity index (χ1v) is 5.96. The van der Waals surface area contributed by atoms with Crippen molar-refractivity contribution < 1.29 is 5.11 Å². The van der Waals surface area contributed by atoms with E-state index < -0.39 is 0 Å². The molecule has 1 aliphatic rings. The van der Waals surface area contributed by atoms with Gasteiger partial charge >= 0.3 is 0 Å². The first kappa shape index (κ1) is 11.6. The summed E-state index contributed by atoms with van der Waals surface area (Å²) in [7, 11) is 2.16. The van der Waals surface area contributed by atoms with Crippen LogP contribution >= 0.6 is 0 Å². The first-order valence-electron chi connectivity index (χ1n) is 5.96. The normalized spacial score (nSPS) is 30.2. The Labute approximate surface area is 97.9 Å². The standard InChI is InChI=1S/C14H21NO/c1-14(2)10-12(16)9-13(15(14)3)11-7-5-4-6-8-11/h4-8,12-13,16H,9-10H2,1-3H3/t12-,13+/m0/s1. The molecular weight excluding hydrogens is 198 g/mol. The second-order valence-electron chi connectivity index (χ2n) is 5.44. The number of piperidine rings is 1. The zero-order chi connectivity index (χ0) is 11.8. The summed E-state index contributed by atoms with van der Waals surface area (Å²) < 4.78 is 0. The molecule has 88 valence electrons. The monoisotopic (exact) mass is 219 g/mol. The van der Waals surface area contributed by atoms with Crippen LogP contribution in [0.3, 0.4) is 0 Å². The zero-order valence-electron chi connectivity index (χ0n) is 10.4. The van der Waals surface area contributed by atoms with Crippen molar-refractivity contribution in [2.75, 3.05) is 7.05 Å². The van der Waals surface area contributed by atoms with E-state index in [0.29, 0.717) is 6.04 Å². The lowest BCUT2D eigenvalue weighted by molar-refractivity contribution is -0.0266. The van der Waals surface area contributed by atoms with Crippen molar-refractivity contribution in [3.63, 3.8) is 0 Å². The fourth-order valence-corrected chi connectivity index (χ4v) is 2.68. The third-order valence-electron chi connectivity index (χ3n) is 3.84. The van der Waals surface area contributed by atoms with Crippen molar-refractivity contribution >= 4 is 0 Å². The lowest BCUT2D eigenvalue weighted by Gasteiger charge is -2.47. The lowest BCUT2D eigenvalue weighted by atomic mass is 9.82. The van der Waals surface area contributed by atoms with E-state index in [-0.39, 0.29) is 11.6 Å². The molecule has 0 spiro atoms. The van der Waals surface area contributed by atoms with E-state index in [0.717, 1.165) is 12.8 Å². The van der Waals surface area contributed by atoms with E-state index in [9.17, 15) is 5.11 Å². The van der Waals surface area contributed by atoms with Gasteiger partial charge in [0.15, 0.2) is 0 Å².